The van der Waals surface area contributed by atoms with Crippen LogP contribution in [0.15, 0.2) is 0 Å². The van der Waals surface area contributed by atoms with Crippen molar-refractivity contribution in [3.63, 3.8) is 0 Å². The second kappa shape index (κ2) is 4.00. The predicted octanol–water partition coefficient (Wildman–Crippen LogP) is 0.641. The first-order valence-corrected chi connectivity index (χ1v) is 5.97. The van der Waals surface area contributed by atoms with E-state index in [1.165, 1.54) is 0 Å². The Balaban J connectivity index is 1.77. The van der Waals surface area contributed by atoms with E-state index in [2.05, 4.69) is 4.90 Å². The standard InChI is InChI=1S/C12H21NO3/c1-12(2,3)16-10(14)7-13-5-8-4-9(6-13)11(8)15/h8-9,11,15H,4-7H2,1-3H3/t8-,9+,11?. The molecule has 2 heterocycles. The summed E-state index contributed by atoms with van der Waals surface area (Å²) in [5.74, 6) is 0.589. The van der Waals surface area contributed by atoms with Crippen molar-refractivity contribution in [2.75, 3.05) is 19.6 Å². The van der Waals surface area contributed by atoms with E-state index in [0.29, 0.717) is 18.4 Å². The summed E-state index contributed by atoms with van der Waals surface area (Å²) < 4.78 is 5.27. The van der Waals surface area contributed by atoms with Crippen LogP contribution < -0.4 is 0 Å². The van der Waals surface area contributed by atoms with Crippen molar-refractivity contribution in [2.24, 2.45) is 11.8 Å². The van der Waals surface area contributed by atoms with Gasteiger partial charge in [-0.05, 0) is 39.0 Å². The summed E-state index contributed by atoms with van der Waals surface area (Å²) in [5, 5.41) is 9.62. The maximum atomic E-state index is 11.6. The van der Waals surface area contributed by atoms with Crippen LogP contribution in [0.25, 0.3) is 0 Å². The molecule has 92 valence electrons. The van der Waals surface area contributed by atoms with Crippen molar-refractivity contribution in [3.8, 4) is 0 Å². The van der Waals surface area contributed by atoms with Crippen molar-refractivity contribution in [2.45, 2.75) is 38.9 Å². The van der Waals surface area contributed by atoms with Gasteiger partial charge >= 0.3 is 5.97 Å². The molecule has 4 heteroatoms. The smallest absolute Gasteiger partial charge is 0.320 e. The molecule has 2 aliphatic heterocycles. The van der Waals surface area contributed by atoms with Gasteiger partial charge in [-0.15, -0.1) is 0 Å². The molecule has 4 nitrogen and oxygen atoms in total. The zero-order valence-corrected chi connectivity index (χ0v) is 10.3. The monoisotopic (exact) mass is 227 g/mol. The molecule has 2 bridgehead atoms. The maximum absolute atomic E-state index is 11.6. The topological polar surface area (TPSA) is 49.8 Å². The maximum Gasteiger partial charge on any atom is 0.320 e. The lowest BCUT2D eigenvalue weighted by Crippen LogP contribution is -2.59. The molecule has 0 aromatic carbocycles. The van der Waals surface area contributed by atoms with Crippen molar-refractivity contribution in [3.05, 3.63) is 0 Å². The molecule has 3 rings (SSSR count). The highest BCUT2D eigenvalue weighted by molar-refractivity contribution is 5.72. The molecule has 1 unspecified atom stereocenters. The number of hydrogen-bond acceptors (Lipinski definition) is 4. The molecular weight excluding hydrogens is 206 g/mol. The molecule has 1 N–H and O–H groups in total. The van der Waals surface area contributed by atoms with Gasteiger partial charge in [0.2, 0.25) is 0 Å². The Labute approximate surface area is 96.6 Å². The Morgan fingerprint density at radius 2 is 1.94 bits per heavy atom. The highest BCUT2D eigenvalue weighted by atomic mass is 16.6. The molecule has 0 amide bonds. The van der Waals surface area contributed by atoms with E-state index in [9.17, 15) is 9.90 Å². The second-order valence-electron chi connectivity index (χ2n) is 6.03. The summed E-state index contributed by atoms with van der Waals surface area (Å²) in [5.41, 5.74) is -0.407. The molecule has 16 heavy (non-hydrogen) atoms. The Kier molecular flexibility index (Phi) is 2.97. The van der Waals surface area contributed by atoms with Crippen LogP contribution in [0.2, 0.25) is 0 Å². The van der Waals surface area contributed by atoms with E-state index in [1.807, 2.05) is 20.8 Å². The van der Waals surface area contributed by atoms with E-state index < -0.39 is 5.60 Å². The number of carbonyl (C=O) groups excluding carboxylic acids is 1. The number of aliphatic hydroxyl groups excluding tert-OH is 1. The number of nitrogens with zero attached hydrogens (tertiary/aromatic N) is 1. The highest BCUT2D eigenvalue weighted by Crippen LogP contribution is 2.39. The molecule has 1 saturated carbocycles. The fourth-order valence-corrected chi connectivity index (χ4v) is 2.65. The molecule has 3 atom stereocenters. The zero-order valence-electron chi connectivity index (χ0n) is 10.3. The van der Waals surface area contributed by atoms with E-state index in [1.54, 1.807) is 0 Å². The van der Waals surface area contributed by atoms with Crippen LogP contribution in [0.4, 0.5) is 0 Å². The molecule has 0 aromatic rings. The molecule has 2 saturated heterocycles. The van der Waals surface area contributed by atoms with Crippen LogP contribution in [-0.4, -0.2) is 47.3 Å². The van der Waals surface area contributed by atoms with E-state index in [-0.39, 0.29) is 12.1 Å². The SMILES string of the molecule is CC(C)(C)OC(=O)CN1C[C@H]2C[C@@H](C1)C2O. The fourth-order valence-electron chi connectivity index (χ4n) is 2.65. The number of ether oxygens (including phenoxy) is 1. The molecule has 3 fully saturated rings. The van der Waals surface area contributed by atoms with Crippen LogP contribution in [0.3, 0.4) is 0 Å². The third-order valence-corrected chi connectivity index (χ3v) is 3.33. The number of hydrogen-bond donors (Lipinski definition) is 1. The molecule has 1 aliphatic carbocycles. The molecule has 0 spiro atoms. The van der Waals surface area contributed by atoms with Crippen LogP contribution in [0, 0.1) is 11.8 Å². The minimum atomic E-state index is -0.407. The number of rotatable bonds is 2. The minimum Gasteiger partial charge on any atom is -0.459 e. The minimum absolute atomic E-state index is 0.130. The Morgan fingerprint density at radius 3 is 2.38 bits per heavy atom. The van der Waals surface area contributed by atoms with Gasteiger partial charge in [0.15, 0.2) is 0 Å². The van der Waals surface area contributed by atoms with E-state index in [4.69, 9.17) is 4.74 Å². The third-order valence-electron chi connectivity index (χ3n) is 3.33. The lowest BCUT2D eigenvalue weighted by molar-refractivity contribution is -0.161. The largest absolute Gasteiger partial charge is 0.459 e. The first-order valence-electron chi connectivity index (χ1n) is 5.97. The van der Waals surface area contributed by atoms with Gasteiger partial charge in [0.25, 0.3) is 0 Å². The zero-order chi connectivity index (χ0) is 11.9. The fraction of sp³-hybridized carbons (Fsp3) is 0.917. The van der Waals surface area contributed by atoms with Gasteiger partial charge in [-0.25, -0.2) is 0 Å². The van der Waals surface area contributed by atoms with Crippen LogP contribution in [0.1, 0.15) is 27.2 Å². The van der Waals surface area contributed by atoms with Crippen molar-refractivity contribution >= 4 is 5.97 Å². The van der Waals surface area contributed by atoms with Gasteiger partial charge in [0.05, 0.1) is 12.6 Å². The quantitative estimate of drug-likeness (QED) is 0.703. The van der Waals surface area contributed by atoms with E-state index in [0.717, 1.165) is 19.5 Å². The summed E-state index contributed by atoms with van der Waals surface area (Å²) in [4.78, 5) is 13.7. The average Bonchev–Trinajstić information content (AvgIpc) is 2.14. The first kappa shape index (κ1) is 11.9. The van der Waals surface area contributed by atoms with Gasteiger partial charge in [-0.1, -0.05) is 0 Å². The van der Waals surface area contributed by atoms with Crippen molar-refractivity contribution < 1.29 is 14.6 Å². The van der Waals surface area contributed by atoms with E-state index >= 15 is 0 Å². The number of piperidine rings is 2. The van der Waals surface area contributed by atoms with Gasteiger partial charge in [-0.2, -0.15) is 0 Å². The second-order valence-corrected chi connectivity index (χ2v) is 6.03. The Hall–Kier alpha value is -0.610. The highest BCUT2D eigenvalue weighted by Gasteiger charge is 2.45. The van der Waals surface area contributed by atoms with Gasteiger partial charge in [0, 0.05) is 13.1 Å². The predicted molar refractivity (Wildman–Crippen MR) is 59.9 cm³/mol. The summed E-state index contributed by atoms with van der Waals surface area (Å²) in [6.45, 7) is 7.65. The number of carbonyl (C=O) groups is 1. The lowest BCUT2D eigenvalue weighted by Gasteiger charge is -2.50. The number of fused-ring (bicyclic) bond motifs is 2. The normalized spacial score (nSPS) is 34.4. The molecule has 0 aromatic heterocycles. The number of aliphatic hydroxyl groups is 1. The Morgan fingerprint density at radius 1 is 1.38 bits per heavy atom. The summed E-state index contributed by atoms with van der Waals surface area (Å²) in [6.07, 6.45) is 0.987. The van der Waals surface area contributed by atoms with Gasteiger partial charge < -0.3 is 9.84 Å². The third kappa shape index (κ3) is 2.55. The molecule has 0 radical (unpaired) electrons. The van der Waals surface area contributed by atoms with Crippen LogP contribution >= 0.6 is 0 Å². The van der Waals surface area contributed by atoms with Crippen molar-refractivity contribution in [1.29, 1.82) is 0 Å². The number of esters is 1. The summed E-state index contributed by atoms with van der Waals surface area (Å²) >= 11 is 0. The molecule has 3 aliphatic rings. The summed E-state index contributed by atoms with van der Waals surface area (Å²) in [6, 6.07) is 0. The molecular formula is C12H21NO3. The summed E-state index contributed by atoms with van der Waals surface area (Å²) in [7, 11) is 0. The lowest BCUT2D eigenvalue weighted by atomic mass is 9.68. The van der Waals surface area contributed by atoms with Crippen LogP contribution in [-0.2, 0) is 9.53 Å². The average molecular weight is 227 g/mol. The first-order chi connectivity index (χ1) is 7.35. The van der Waals surface area contributed by atoms with Gasteiger partial charge in [0.1, 0.15) is 5.60 Å². The van der Waals surface area contributed by atoms with Gasteiger partial charge in [-0.3, -0.25) is 9.69 Å². The van der Waals surface area contributed by atoms with Crippen molar-refractivity contribution in [1.82, 2.24) is 4.90 Å². The van der Waals surface area contributed by atoms with Crippen LogP contribution in [0.5, 0.6) is 0 Å². The Bertz CT molecular complexity index is 272.